The van der Waals surface area contributed by atoms with Crippen LogP contribution in [0.25, 0.3) is 0 Å². The largest absolute Gasteiger partial charge is 0.481 e. The first-order valence-corrected chi connectivity index (χ1v) is 8.25. The number of carbonyl (C=O) groups is 2. The molecule has 20 heavy (non-hydrogen) atoms. The molecule has 0 aromatic carbocycles. The van der Waals surface area contributed by atoms with Crippen molar-refractivity contribution in [1.29, 1.82) is 0 Å². The van der Waals surface area contributed by atoms with Gasteiger partial charge >= 0.3 is 5.97 Å². The Morgan fingerprint density at radius 3 is 1.85 bits per heavy atom. The molecule has 0 aromatic rings. The minimum atomic E-state index is -1.17. The van der Waals surface area contributed by atoms with Crippen LogP contribution >= 0.6 is 0 Å². The van der Waals surface area contributed by atoms with Crippen molar-refractivity contribution in [3.8, 4) is 0 Å². The number of hydrogen-bond donors (Lipinski definition) is 1. The molecule has 1 N–H and O–H groups in total. The Kier molecular flexibility index (Phi) is 10.4. The molecule has 0 fully saturated rings. The third kappa shape index (κ3) is 7.06. The fourth-order valence-corrected chi connectivity index (χ4v) is 2.44. The number of aliphatic carboxylic acids is 1. The van der Waals surface area contributed by atoms with Gasteiger partial charge in [0.15, 0.2) is 0 Å². The Morgan fingerprint density at radius 2 is 1.35 bits per heavy atom. The molecular formula is C17H32O3. The van der Waals surface area contributed by atoms with Gasteiger partial charge in [-0.15, -0.1) is 0 Å². The number of rotatable bonds is 13. The Hall–Kier alpha value is -0.860. The third-order valence-electron chi connectivity index (χ3n) is 4.13. The van der Waals surface area contributed by atoms with Gasteiger partial charge in [-0.3, -0.25) is 9.59 Å². The Labute approximate surface area is 124 Å². The normalized spacial score (nSPS) is 13.9. The highest BCUT2D eigenvalue weighted by Gasteiger charge is 2.39. The van der Waals surface area contributed by atoms with Crippen LogP contribution in [0, 0.1) is 5.41 Å². The minimum Gasteiger partial charge on any atom is -0.481 e. The van der Waals surface area contributed by atoms with Gasteiger partial charge in [0.25, 0.3) is 0 Å². The van der Waals surface area contributed by atoms with Crippen LogP contribution in [-0.4, -0.2) is 16.9 Å². The molecular weight excluding hydrogens is 252 g/mol. The number of Topliss-reactive ketones (excluding diaryl/α,β-unsaturated/α-hetero) is 1. The lowest BCUT2D eigenvalue weighted by atomic mass is 9.78. The summed E-state index contributed by atoms with van der Waals surface area (Å²) in [6.07, 6.45) is 10.4. The predicted molar refractivity (Wildman–Crippen MR) is 82.9 cm³/mol. The van der Waals surface area contributed by atoms with Crippen molar-refractivity contribution in [3.63, 3.8) is 0 Å². The Morgan fingerprint density at radius 1 is 0.850 bits per heavy atom. The molecule has 0 amide bonds. The maximum absolute atomic E-state index is 12.2. The molecule has 3 nitrogen and oxygen atoms in total. The summed E-state index contributed by atoms with van der Waals surface area (Å²) in [6.45, 7) is 5.89. The number of carbonyl (C=O) groups excluding carboxylic acids is 1. The lowest BCUT2D eigenvalue weighted by Crippen LogP contribution is -2.36. The van der Waals surface area contributed by atoms with Crippen LogP contribution < -0.4 is 0 Å². The molecule has 3 heteroatoms. The summed E-state index contributed by atoms with van der Waals surface area (Å²) in [5.74, 6) is -1.04. The molecule has 0 aromatic heterocycles. The lowest BCUT2D eigenvalue weighted by molar-refractivity contribution is -0.154. The average molecular weight is 284 g/mol. The van der Waals surface area contributed by atoms with Crippen molar-refractivity contribution >= 4 is 11.8 Å². The Balaban J connectivity index is 4.19. The number of carboxylic acids is 1. The quantitative estimate of drug-likeness (QED) is 0.383. The van der Waals surface area contributed by atoms with Crippen molar-refractivity contribution in [2.75, 3.05) is 0 Å². The van der Waals surface area contributed by atoms with Crippen LogP contribution in [0.15, 0.2) is 0 Å². The highest BCUT2D eigenvalue weighted by Crippen LogP contribution is 2.29. The van der Waals surface area contributed by atoms with Crippen LogP contribution in [0.3, 0.4) is 0 Å². The molecule has 0 bridgehead atoms. The van der Waals surface area contributed by atoms with E-state index < -0.39 is 11.4 Å². The van der Waals surface area contributed by atoms with Gasteiger partial charge in [0.1, 0.15) is 11.2 Å². The monoisotopic (exact) mass is 284 g/mol. The van der Waals surface area contributed by atoms with Crippen LogP contribution in [0.2, 0.25) is 0 Å². The highest BCUT2D eigenvalue weighted by molar-refractivity contribution is 6.02. The van der Waals surface area contributed by atoms with Crippen LogP contribution in [0.5, 0.6) is 0 Å². The maximum atomic E-state index is 12.2. The maximum Gasteiger partial charge on any atom is 0.316 e. The lowest BCUT2D eigenvalue weighted by Gasteiger charge is -2.23. The molecule has 0 saturated heterocycles. The average Bonchev–Trinajstić information content (AvgIpc) is 2.42. The van der Waals surface area contributed by atoms with E-state index in [4.69, 9.17) is 0 Å². The highest BCUT2D eigenvalue weighted by atomic mass is 16.4. The number of ketones is 1. The number of carboxylic acid groups (broad SMARTS) is 1. The van der Waals surface area contributed by atoms with Crippen molar-refractivity contribution in [2.45, 2.75) is 91.4 Å². The van der Waals surface area contributed by atoms with Crippen LogP contribution in [-0.2, 0) is 9.59 Å². The molecule has 0 saturated carbocycles. The molecule has 0 spiro atoms. The smallest absolute Gasteiger partial charge is 0.316 e. The topological polar surface area (TPSA) is 54.4 Å². The fraction of sp³-hybridized carbons (Fsp3) is 0.882. The predicted octanol–water partition coefficient (Wildman–Crippen LogP) is 4.98. The van der Waals surface area contributed by atoms with E-state index in [-0.39, 0.29) is 5.78 Å². The number of unbranched alkanes of at least 4 members (excludes halogenated alkanes) is 7. The molecule has 0 aliphatic heterocycles. The zero-order chi connectivity index (χ0) is 15.4. The van der Waals surface area contributed by atoms with Crippen molar-refractivity contribution < 1.29 is 14.7 Å². The van der Waals surface area contributed by atoms with Gasteiger partial charge in [0, 0.05) is 6.42 Å². The van der Waals surface area contributed by atoms with E-state index in [1.165, 1.54) is 12.8 Å². The Bertz CT molecular complexity index is 286. The van der Waals surface area contributed by atoms with E-state index in [0.717, 1.165) is 44.9 Å². The van der Waals surface area contributed by atoms with Gasteiger partial charge in [0.05, 0.1) is 0 Å². The first kappa shape index (κ1) is 19.1. The second-order valence-corrected chi connectivity index (χ2v) is 6.04. The summed E-state index contributed by atoms with van der Waals surface area (Å²) in [6, 6.07) is 0. The van der Waals surface area contributed by atoms with E-state index in [2.05, 4.69) is 13.8 Å². The third-order valence-corrected chi connectivity index (χ3v) is 4.13. The van der Waals surface area contributed by atoms with Gasteiger partial charge in [-0.2, -0.15) is 0 Å². The van der Waals surface area contributed by atoms with Gasteiger partial charge < -0.3 is 5.11 Å². The van der Waals surface area contributed by atoms with Crippen molar-refractivity contribution in [3.05, 3.63) is 0 Å². The molecule has 0 heterocycles. The van der Waals surface area contributed by atoms with Crippen molar-refractivity contribution in [2.24, 2.45) is 5.41 Å². The van der Waals surface area contributed by atoms with Gasteiger partial charge in [-0.05, 0) is 19.8 Å². The summed E-state index contributed by atoms with van der Waals surface area (Å²) < 4.78 is 0. The molecule has 0 aliphatic rings. The molecule has 118 valence electrons. The zero-order valence-corrected chi connectivity index (χ0v) is 13.5. The number of hydrogen-bond acceptors (Lipinski definition) is 2. The van der Waals surface area contributed by atoms with E-state index in [1.807, 2.05) is 0 Å². The van der Waals surface area contributed by atoms with E-state index in [9.17, 15) is 14.7 Å². The van der Waals surface area contributed by atoms with Crippen LogP contribution in [0.4, 0.5) is 0 Å². The first-order chi connectivity index (χ1) is 9.49. The van der Waals surface area contributed by atoms with Gasteiger partial charge in [-0.25, -0.2) is 0 Å². The van der Waals surface area contributed by atoms with Gasteiger partial charge in [0.2, 0.25) is 0 Å². The fourth-order valence-electron chi connectivity index (χ4n) is 2.44. The SMILES string of the molecule is CCCCCCCC(=O)C(C)(CCCCCC)C(=O)O. The summed E-state index contributed by atoms with van der Waals surface area (Å²) in [4.78, 5) is 23.7. The summed E-state index contributed by atoms with van der Waals surface area (Å²) in [5, 5.41) is 9.38. The standard InChI is InChI=1S/C17H32O3/c1-4-6-8-10-11-13-15(18)17(3,16(19)20)14-12-9-7-5-2/h4-14H2,1-3H3,(H,19,20). The molecule has 0 rings (SSSR count). The summed E-state index contributed by atoms with van der Waals surface area (Å²) in [7, 11) is 0. The molecule has 0 radical (unpaired) electrons. The molecule has 1 unspecified atom stereocenters. The zero-order valence-electron chi connectivity index (χ0n) is 13.5. The van der Waals surface area contributed by atoms with Crippen molar-refractivity contribution in [1.82, 2.24) is 0 Å². The van der Waals surface area contributed by atoms with E-state index in [0.29, 0.717) is 12.8 Å². The summed E-state index contributed by atoms with van der Waals surface area (Å²) >= 11 is 0. The van der Waals surface area contributed by atoms with E-state index >= 15 is 0 Å². The second-order valence-electron chi connectivity index (χ2n) is 6.04. The molecule has 1 atom stereocenters. The second kappa shape index (κ2) is 10.9. The molecule has 0 aliphatic carbocycles. The van der Waals surface area contributed by atoms with E-state index in [1.54, 1.807) is 6.92 Å². The van der Waals surface area contributed by atoms with Gasteiger partial charge in [-0.1, -0.05) is 65.2 Å². The van der Waals surface area contributed by atoms with Crippen LogP contribution in [0.1, 0.15) is 91.4 Å². The first-order valence-electron chi connectivity index (χ1n) is 8.25. The summed E-state index contributed by atoms with van der Waals surface area (Å²) in [5.41, 5.74) is -1.17. The minimum absolute atomic E-state index is 0.0852.